The Morgan fingerprint density at radius 3 is 2.38 bits per heavy atom. The van der Waals surface area contributed by atoms with Gasteiger partial charge in [-0.3, -0.25) is 0 Å². The summed E-state index contributed by atoms with van der Waals surface area (Å²) < 4.78 is 6.08. The van der Waals surface area contributed by atoms with Crippen LogP contribution in [0.1, 0.15) is 13.8 Å². The van der Waals surface area contributed by atoms with Crippen molar-refractivity contribution < 1.29 is 4.74 Å². The molecule has 0 fully saturated rings. The molecule has 0 aromatic heterocycles. The SMILES string of the molecule is C/C=C(\Br)[C@H](C)OC. The van der Waals surface area contributed by atoms with E-state index in [1.54, 1.807) is 7.11 Å². The van der Waals surface area contributed by atoms with Crippen LogP contribution in [0.5, 0.6) is 0 Å². The molecule has 0 rings (SSSR count). The Bertz CT molecular complexity index is 88.5. The quantitative estimate of drug-likeness (QED) is 0.631. The van der Waals surface area contributed by atoms with Gasteiger partial charge in [0.05, 0.1) is 6.10 Å². The molecule has 0 aromatic rings. The van der Waals surface area contributed by atoms with Crippen molar-refractivity contribution in [2.24, 2.45) is 0 Å². The molecule has 0 amide bonds. The summed E-state index contributed by atoms with van der Waals surface area (Å²) in [5, 5.41) is 0. The molecule has 0 unspecified atom stereocenters. The summed E-state index contributed by atoms with van der Waals surface area (Å²) in [5.41, 5.74) is 0. The first kappa shape index (κ1) is 8.18. The van der Waals surface area contributed by atoms with E-state index in [0.29, 0.717) is 0 Å². The highest BCUT2D eigenvalue weighted by Crippen LogP contribution is 2.11. The van der Waals surface area contributed by atoms with Gasteiger partial charge in [0.15, 0.2) is 0 Å². The maximum absolute atomic E-state index is 4.99. The lowest BCUT2D eigenvalue weighted by Gasteiger charge is -2.05. The molecule has 1 nitrogen and oxygen atoms in total. The van der Waals surface area contributed by atoms with E-state index in [1.165, 1.54) is 0 Å². The average Bonchev–Trinajstić information content (AvgIpc) is 1.84. The summed E-state index contributed by atoms with van der Waals surface area (Å²) in [7, 11) is 1.69. The van der Waals surface area contributed by atoms with Crippen LogP contribution in [0.3, 0.4) is 0 Å². The van der Waals surface area contributed by atoms with Crippen molar-refractivity contribution in [3.05, 3.63) is 10.6 Å². The minimum atomic E-state index is 0.194. The summed E-state index contributed by atoms with van der Waals surface area (Å²) in [6.07, 6.45) is 2.17. The standard InChI is InChI=1S/C6H11BrO/c1-4-6(7)5(2)8-3/h4-5H,1-3H3/b6-4-/t5-/m0/s1. The fourth-order valence-corrected chi connectivity index (χ4v) is 0.534. The summed E-state index contributed by atoms with van der Waals surface area (Å²) >= 11 is 3.34. The van der Waals surface area contributed by atoms with Crippen LogP contribution in [-0.4, -0.2) is 13.2 Å². The molecule has 8 heavy (non-hydrogen) atoms. The zero-order chi connectivity index (χ0) is 6.57. The molecule has 0 aliphatic rings. The van der Waals surface area contributed by atoms with Gasteiger partial charge in [0, 0.05) is 11.6 Å². The Morgan fingerprint density at radius 1 is 1.75 bits per heavy atom. The van der Waals surface area contributed by atoms with Gasteiger partial charge in [-0.1, -0.05) is 22.0 Å². The fourth-order valence-electron chi connectivity index (χ4n) is 0.347. The van der Waals surface area contributed by atoms with Gasteiger partial charge < -0.3 is 4.74 Å². The Labute approximate surface area is 58.9 Å². The first-order chi connectivity index (χ1) is 3.72. The fraction of sp³-hybridized carbons (Fsp3) is 0.667. The van der Waals surface area contributed by atoms with Crippen molar-refractivity contribution in [1.29, 1.82) is 0 Å². The Hall–Kier alpha value is 0.180. The van der Waals surface area contributed by atoms with E-state index in [4.69, 9.17) is 4.74 Å². The Morgan fingerprint density at radius 2 is 2.25 bits per heavy atom. The van der Waals surface area contributed by atoms with Gasteiger partial charge in [-0.05, 0) is 13.8 Å². The van der Waals surface area contributed by atoms with Crippen molar-refractivity contribution in [1.82, 2.24) is 0 Å². The van der Waals surface area contributed by atoms with Crippen LogP contribution >= 0.6 is 15.9 Å². The number of halogens is 1. The van der Waals surface area contributed by atoms with E-state index >= 15 is 0 Å². The molecular formula is C6H11BrO. The largest absolute Gasteiger partial charge is 0.377 e. The zero-order valence-electron chi connectivity index (χ0n) is 5.44. The van der Waals surface area contributed by atoms with Crippen LogP contribution in [0.25, 0.3) is 0 Å². The highest BCUT2D eigenvalue weighted by atomic mass is 79.9. The summed E-state index contributed by atoms with van der Waals surface area (Å²) in [4.78, 5) is 0. The van der Waals surface area contributed by atoms with Crippen molar-refractivity contribution >= 4 is 15.9 Å². The van der Waals surface area contributed by atoms with Gasteiger partial charge in [0.25, 0.3) is 0 Å². The van der Waals surface area contributed by atoms with Gasteiger partial charge in [-0.25, -0.2) is 0 Å². The Kier molecular flexibility index (Phi) is 4.19. The molecule has 2 heteroatoms. The maximum Gasteiger partial charge on any atom is 0.0854 e. The number of rotatable bonds is 2. The number of allylic oxidation sites excluding steroid dienone is 1. The molecular weight excluding hydrogens is 168 g/mol. The first-order valence-electron chi connectivity index (χ1n) is 2.56. The molecule has 0 radical (unpaired) electrons. The van der Waals surface area contributed by atoms with E-state index in [1.807, 2.05) is 19.9 Å². The van der Waals surface area contributed by atoms with Gasteiger partial charge in [0.2, 0.25) is 0 Å². The average molecular weight is 179 g/mol. The Balaban J connectivity index is 3.63. The highest BCUT2D eigenvalue weighted by Gasteiger charge is 1.99. The molecule has 48 valence electrons. The molecule has 0 aliphatic heterocycles. The molecule has 0 heterocycles. The molecule has 0 saturated carbocycles. The third kappa shape index (κ3) is 2.48. The minimum Gasteiger partial charge on any atom is -0.377 e. The monoisotopic (exact) mass is 178 g/mol. The molecule has 1 atom stereocenters. The zero-order valence-corrected chi connectivity index (χ0v) is 7.03. The molecule has 0 saturated heterocycles. The lowest BCUT2D eigenvalue weighted by molar-refractivity contribution is 0.154. The van der Waals surface area contributed by atoms with Crippen molar-refractivity contribution in [2.45, 2.75) is 20.0 Å². The number of hydrogen-bond donors (Lipinski definition) is 0. The van der Waals surface area contributed by atoms with Crippen LogP contribution in [0.15, 0.2) is 10.6 Å². The van der Waals surface area contributed by atoms with E-state index in [9.17, 15) is 0 Å². The normalized spacial score (nSPS) is 16.2. The van der Waals surface area contributed by atoms with Crippen molar-refractivity contribution in [2.75, 3.05) is 7.11 Å². The number of ether oxygens (including phenoxy) is 1. The van der Waals surface area contributed by atoms with Gasteiger partial charge in [-0.2, -0.15) is 0 Å². The second-order valence-corrected chi connectivity index (χ2v) is 2.47. The van der Waals surface area contributed by atoms with E-state index in [2.05, 4.69) is 15.9 Å². The minimum absolute atomic E-state index is 0.194. The lowest BCUT2D eigenvalue weighted by Crippen LogP contribution is -2.02. The summed E-state index contributed by atoms with van der Waals surface area (Å²) in [5.74, 6) is 0. The second kappa shape index (κ2) is 4.10. The predicted molar refractivity (Wildman–Crippen MR) is 39.2 cm³/mol. The molecule has 0 N–H and O–H groups in total. The second-order valence-electron chi connectivity index (χ2n) is 1.55. The smallest absolute Gasteiger partial charge is 0.0854 e. The third-order valence-corrected chi connectivity index (χ3v) is 2.12. The number of methoxy groups -OCH3 is 1. The summed E-state index contributed by atoms with van der Waals surface area (Å²) in [6, 6.07) is 0. The molecule has 0 aliphatic carbocycles. The van der Waals surface area contributed by atoms with Crippen LogP contribution < -0.4 is 0 Å². The molecule has 0 aromatic carbocycles. The first-order valence-corrected chi connectivity index (χ1v) is 3.36. The highest BCUT2D eigenvalue weighted by molar-refractivity contribution is 9.11. The maximum atomic E-state index is 4.99. The van der Waals surface area contributed by atoms with E-state index in [0.717, 1.165) is 4.48 Å². The van der Waals surface area contributed by atoms with Gasteiger partial charge in [0.1, 0.15) is 0 Å². The molecule has 0 spiro atoms. The summed E-state index contributed by atoms with van der Waals surface area (Å²) in [6.45, 7) is 3.96. The molecule has 0 bridgehead atoms. The van der Waals surface area contributed by atoms with E-state index in [-0.39, 0.29) is 6.10 Å². The van der Waals surface area contributed by atoms with Crippen molar-refractivity contribution in [3.63, 3.8) is 0 Å². The van der Waals surface area contributed by atoms with Crippen LogP contribution in [0.2, 0.25) is 0 Å². The lowest BCUT2D eigenvalue weighted by atomic mass is 10.4. The van der Waals surface area contributed by atoms with Crippen LogP contribution in [0.4, 0.5) is 0 Å². The third-order valence-electron chi connectivity index (χ3n) is 1.02. The topological polar surface area (TPSA) is 9.23 Å². The van der Waals surface area contributed by atoms with Crippen LogP contribution in [0, 0.1) is 0 Å². The van der Waals surface area contributed by atoms with Crippen molar-refractivity contribution in [3.8, 4) is 0 Å². The number of hydrogen-bond acceptors (Lipinski definition) is 1. The predicted octanol–water partition coefficient (Wildman–Crippen LogP) is 2.32. The van der Waals surface area contributed by atoms with E-state index < -0.39 is 0 Å². The van der Waals surface area contributed by atoms with Gasteiger partial charge in [-0.15, -0.1) is 0 Å². The van der Waals surface area contributed by atoms with Crippen LogP contribution in [-0.2, 0) is 4.74 Å². The van der Waals surface area contributed by atoms with Gasteiger partial charge >= 0.3 is 0 Å².